The van der Waals surface area contributed by atoms with Gasteiger partial charge in [0.25, 0.3) is 0 Å². The number of nitrogen functional groups attached to an aromatic ring is 1. The third kappa shape index (κ3) is 2.80. The van der Waals surface area contributed by atoms with Crippen LogP contribution >= 0.6 is 11.6 Å². The van der Waals surface area contributed by atoms with Gasteiger partial charge in [-0.2, -0.15) is 4.52 Å². The van der Waals surface area contributed by atoms with E-state index in [4.69, 9.17) is 17.3 Å². The quantitative estimate of drug-likeness (QED) is 0.542. The highest BCUT2D eigenvalue weighted by molar-refractivity contribution is 6.32. The van der Waals surface area contributed by atoms with Crippen LogP contribution in [-0.2, 0) is 12.8 Å². The monoisotopic (exact) mass is 417 g/mol. The summed E-state index contributed by atoms with van der Waals surface area (Å²) in [6.07, 6.45) is -2.55. The number of nitrogens with zero attached hydrogens (tertiary/aromatic N) is 4. The molecule has 0 saturated carbocycles. The number of rotatable bonds is 3. The van der Waals surface area contributed by atoms with E-state index in [2.05, 4.69) is 24.5 Å². The molecule has 0 bridgehead atoms. The number of aromatic nitrogens is 4. The molecule has 0 fully saturated rings. The lowest BCUT2D eigenvalue weighted by Gasteiger charge is -2.06. The van der Waals surface area contributed by atoms with Crippen molar-refractivity contribution in [2.75, 3.05) is 5.73 Å². The first-order chi connectivity index (χ1) is 13.9. The summed E-state index contributed by atoms with van der Waals surface area (Å²) in [4.78, 5) is 8.72. The first kappa shape index (κ1) is 17.9. The molecule has 0 atom stereocenters. The Morgan fingerprint density at radius 3 is 2.72 bits per heavy atom. The van der Waals surface area contributed by atoms with E-state index in [1.807, 2.05) is 25.1 Å². The van der Waals surface area contributed by atoms with E-state index >= 15 is 0 Å². The number of nitrogens with two attached hydrogens (primary N) is 1. The summed E-state index contributed by atoms with van der Waals surface area (Å²) in [5, 5.41) is 5.56. The molecule has 7 nitrogen and oxygen atoms in total. The summed E-state index contributed by atoms with van der Waals surface area (Å²) >= 11 is 6.47. The van der Waals surface area contributed by atoms with E-state index in [0.29, 0.717) is 28.3 Å². The van der Waals surface area contributed by atoms with Gasteiger partial charge in [-0.1, -0.05) is 36.7 Å². The Morgan fingerprint density at radius 1 is 1.14 bits per heavy atom. The molecule has 0 radical (unpaired) electrons. The zero-order chi connectivity index (χ0) is 20.3. The maximum Gasteiger partial charge on any atom is 0.586 e. The summed E-state index contributed by atoms with van der Waals surface area (Å²) < 4.78 is 37.4. The van der Waals surface area contributed by atoms with Crippen LogP contribution in [0.15, 0.2) is 30.3 Å². The molecule has 4 aromatic rings. The maximum atomic E-state index is 13.5. The molecular formula is C19H14ClF2N5O2. The topological polar surface area (TPSA) is 87.6 Å². The molecule has 0 aliphatic carbocycles. The average molecular weight is 418 g/mol. The largest absolute Gasteiger partial charge is 0.586 e. The lowest BCUT2D eigenvalue weighted by atomic mass is 10.1. The predicted molar refractivity (Wildman–Crippen MR) is 103 cm³/mol. The van der Waals surface area contributed by atoms with Gasteiger partial charge in [-0.3, -0.25) is 0 Å². The van der Waals surface area contributed by atoms with Crippen molar-refractivity contribution in [3.8, 4) is 11.5 Å². The molecule has 2 aromatic heterocycles. The number of ether oxygens (including phenoxy) is 2. The van der Waals surface area contributed by atoms with Crippen molar-refractivity contribution in [2.24, 2.45) is 0 Å². The number of benzene rings is 2. The van der Waals surface area contributed by atoms with Gasteiger partial charge in [-0.15, -0.1) is 13.9 Å². The number of fused-ring (bicyclic) bond motifs is 5. The molecule has 0 amide bonds. The molecule has 5 rings (SSSR count). The molecule has 0 spiro atoms. The molecule has 2 N–H and O–H groups in total. The molecule has 29 heavy (non-hydrogen) atoms. The molecule has 148 valence electrons. The van der Waals surface area contributed by atoms with E-state index in [0.717, 1.165) is 17.5 Å². The minimum absolute atomic E-state index is 0.00753. The first-order valence-corrected chi connectivity index (χ1v) is 9.24. The lowest BCUT2D eigenvalue weighted by molar-refractivity contribution is -0.286. The van der Waals surface area contributed by atoms with Crippen molar-refractivity contribution in [1.82, 2.24) is 19.6 Å². The molecule has 1 aliphatic heterocycles. The molecule has 0 saturated heterocycles. The summed E-state index contributed by atoms with van der Waals surface area (Å²) in [6.45, 7) is 2.03. The van der Waals surface area contributed by atoms with Crippen molar-refractivity contribution < 1.29 is 18.3 Å². The van der Waals surface area contributed by atoms with Gasteiger partial charge in [0.2, 0.25) is 5.95 Å². The summed E-state index contributed by atoms with van der Waals surface area (Å²) in [7, 11) is 0. The number of hydrogen-bond acceptors (Lipinski definition) is 6. The van der Waals surface area contributed by atoms with Gasteiger partial charge in [0.1, 0.15) is 5.52 Å². The van der Waals surface area contributed by atoms with Gasteiger partial charge in [0, 0.05) is 16.8 Å². The SMILES string of the molecule is CCc1cccc(Cc2nc3c4ccc5c(c4nc(N)n3n2)OC(F)(F)O5)c1Cl. The van der Waals surface area contributed by atoms with E-state index in [1.54, 1.807) is 6.07 Å². The van der Waals surface area contributed by atoms with Gasteiger partial charge in [-0.25, -0.2) is 9.97 Å². The fourth-order valence-corrected chi connectivity index (χ4v) is 3.76. The number of hydrogen-bond donors (Lipinski definition) is 1. The predicted octanol–water partition coefficient (Wildman–Crippen LogP) is 3.99. The smallest absolute Gasteiger partial charge is 0.395 e. The Kier molecular flexibility index (Phi) is 3.79. The molecule has 1 aliphatic rings. The van der Waals surface area contributed by atoms with Gasteiger partial charge < -0.3 is 15.2 Å². The van der Waals surface area contributed by atoms with Gasteiger partial charge >= 0.3 is 6.29 Å². The number of aryl methyl sites for hydroxylation is 1. The zero-order valence-corrected chi connectivity index (χ0v) is 15.9. The van der Waals surface area contributed by atoms with Crippen LogP contribution in [0.5, 0.6) is 11.5 Å². The van der Waals surface area contributed by atoms with Crippen molar-refractivity contribution in [2.45, 2.75) is 26.1 Å². The van der Waals surface area contributed by atoms with Crippen LogP contribution < -0.4 is 15.2 Å². The van der Waals surface area contributed by atoms with E-state index in [-0.39, 0.29) is 23.0 Å². The van der Waals surface area contributed by atoms with Crippen LogP contribution in [0.4, 0.5) is 14.7 Å². The average Bonchev–Trinajstić information content (AvgIpc) is 3.23. The Labute approximate surface area is 168 Å². The highest BCUT2D eigenvalue weighted by Gasteiger charge is 2.44. The Morgan fingerprint density at radius 2 is 1.93 bits per heavy atom. The van der Waals surface area contributed by atoms with E-state index in [1.165, 1.54) is 10.6 Å². The van der Waals surface area contributed by atoms with E-state index in [9.17, 15) is 8.78 Å². The van der Waals surface area contributed by atoms with Crippen LogP contribution in [0.2, 0.25) is 5.02 Å². The molecule has 0 unspecified atom stereocenters. The standard InChI is InChI=1S/C19H14ClF2N5O2/c1-2-9-4-3-5-10(14(9)20)8-13-24-17-11-6-7-12-16(29-19(21,22)28-12)15(11)25-18(23)27(17)26-13/h3-7H,2,8H2,1H3,(H2,23,25). The van der Waals surface area contributed by atoms with Crippen LogP contribution in [0.3, 0.4) is 0 Å². The summed E-state index contributed by atoms with van der Waals surface area (Å²) in [6, 6.07) is 8.77. The molecular weight excluding hydrogens is 404 g/mol. The van der Waals surface area contributed by atoms with Crippen LogP contribution in [0.1, 0.15) is 23.9 Å². The minimum Gasteiger partial charge on any atom is -0.395 e. The third-order valence-electron chi connectivity index (χ3n) is 4.77. The highest BCUT2D eigenvalue weighted by Crippen LogP contribution is 2.45. The second kappa shape index (κ2) is 6.15. The first-order valence-electron chi connectivity index (χ1n) is 8.86. The van der Waals surface area contributed by atoms with Gasteiger partial charge in [-0.05, 0) is 29.7 Å². The number of halogens is 3. The summed E-state index contributed by atoms with van der Waals surface area (Å²) in [5.74, 6) is 0.183. The highest BCUT2D eigenvalue weighted by atomic mass is 35.5. The number of alkyl halides is 2. The molecule has 10 heteroatoms. The van der Waals surface area contributed by atoms with Crippen molar-refractivity contribution >= 4 is 34.1 Å². The van der Waals surface area contributed by atoms with Crippen LogP contribution in [0.25, 0.3) is 16.6 Å². The Hall–Kier alpha value is -3.20. The van der Waals surface area contributed by atoms with Crippen molar-refractivity contribution in [3.63, 3.8) is 0 Å². The van der Waals surface area contributed by atoms with Crippen molar-refractivity contribution in [1.29, 1.82) is 0 Å². The number of anilines is 1. The maximum absolute atomic E-state index is 13.5. The Bertz CT molecular complexity index is 1290. The lowest BCUT2D eigenvalue weighted by Crippen LogP contribution is -2.26. The fourth-order valence-electron chi connectivity index (χ4n) is 3.43. The third-order valence-corrected chi connectivity index (χ3v) is 5.25. The van der Waals surface area contributed by atoms with Crippen molar-refractivity contribution in [3.05, 3.63) is 52.3 Å². The summed E-state index contributed by atoms with van der Waals surface area (Å²) in [5.41, 5.74) is 8.44. The normalized spacial score (nSPS) is 14.8. The molecule has 3 heterocycles. The van der Waals surface area contributed by atoms with Crippen LogP contribution in [0, 0.1) is 0 Å². The van der Waals surface area contributed by atoms with E-state index < -0.39 is 6.29 Å². The minimum atomic E-state index is -3.75. The van der Waals surface area contributed by atoms with Crippen LogP contribution in [-0.4, -0.2) is 25.9 Å². The second-order valence-corrected chi connectivity index (χ2v) is 6.99. The fraction of sp³-hybridized carbons (Fsp3) is 0.211. The van der Waals surface area contributed by atoms with Gasteiger partial charge in [0.05, 0.1) is 0 Å². The second-order valence-electron chi connectivity index (χ2n) is 6.61. The zero-order valence-electron chi connectivity index (χ0n) is 15.1. The molecule has 2 aromatic carbocycles. The van der Waals surface area contributed by atoms with Gasteiger partial charge in [0.15, 0.2) is 23.0 Å². The Balaban J connectivity index is 1.64.